The van der Waals surface area contributed by atoms with Gasteiger partial charge in [-0.25, -0.2) is 13.1 Å². The monoisotopic (exact) mass is 319 g/mol. The third-order valence-electron chi connectivity index (χ3n) is 3.22. The summed E-state index contributed by atoms with van der Waals surface area (Å²) in [6.07, 6.45) is 0. The molecule has 2 rings (SSSR count). The molecule has 5 nitrogen and oxygen atoms in total. The van der Waals surface area contributed by atoms with Crippen molar-refractivity contribution in [3.05, 3.63) is 59.7 Å². The van der Waals surface area contributed by atoms with E-state index in [0.29, 0.717) is 11.3 Å². The van der Waals surface area contributed by atoms with Gasteiger partial charge in [-0.1, -0.05) is 30.3 Å². The predicted molar refractivity (Wildman–Crippen MR) is 83.5 cm³/mol. The van der Waals surface area contributed by atoms with Crippen molar-refractivity contribution in [1.82, 2.24) is 4.72 Å². The van der Waals surface area contributed by atoms with E-state index in [1.807, 2.05) is 12.1 Å². The van der Waals surface area contributed by atoms with Gasteiger partial charge in [0.2, 0.25) is 10.0 Å². The summed E-state index contributed by atoms with van der Waals surface area (Å²) in [6.45, 7) is 1.56. The van der Waals surface area contributed by atoms with Gasteiger partial charge in [0.15, 0.2) is 5.78 Å². The lowest BCUT2D eigenvalue weighted by Gasteiger charge is -2.10. The summed E-state index contributed by atoms with van der Waals surface area (Å²) in [4.78, 5) is 11.3. The van der Waals surface area contributed by atoms with Gasteiger partial charge < -0.3 is 4.74 Å². The molecule has 0 atom stereocenters. The Morgan fingerprint density at radius 1 is 1.09 bits per heavy atom. The molecule has 0 aliphatic carbocycles. The van der Waals surface area contributed by atoms with Crippen LogP contribution in [0.4, 0.5) is 0 Å². The molecule has 0 aromatic heterocycles. The third-order valence-corrected chi connectivity index (χ3v) is 4.63. The molecule has 0 aliphatic heterocycles. The number of methoxy groups -OCH3 is 1. The first-order valence-corrected chi connectivity index (χ1v) is 8.15. The van der Waals surface area contributed by atoms with Gasteiger partial charge in [0.25, 0.3) is 0 Å². The van der Waals surface area contributed by atoms with Crippen LogP contribution < -0.4 is 9.46 Å². The molecule has 0 spiro atoms. The van der Waals surface area contributed by atoms with Crippen LogP contribution in [0.1, 0.15) is 22.8 Å². The molecule has 2 aromatic carbocycles. The molecule has 0 heterocycles. The van der Waals surface area contributed by atoms with Crippen molar-refractivity contribution in [3.63, 3.8) is 0 Å². The topological polar surface area (TPSA) is 72.5 Å². The minimum Gasteiger partial charge on any atom is -0.496 e. The van der Waals surface area contributed by atoms with Crippen molar-refractivity contribution in [2.45, 2.75) is 18.4 Å². The van der Waals surface area contributed by atoms with E-state index in [-0.39, 0.29) is 17.2 Å². The lowest BCUT2D eigenvalue weighted by molar-refractivity contribution is 0.101. The number of para-hydroxylation sites is 1. The summed E-state index contributed by atoms with van der Waals surface area (Å²) in [6, 6.07) is 13.0. The van der Waals surface area contributed by atoms with Crippen LogP contribution in [0.2, 0.25) is 0 Å². The van der Waals surface area contributed by atoms with E-state index in [1.165, 1.54) is 38.3 Å². The molecule has 0 unspecified atom stereocenters. The van der Waals surface area contributed by atoms with E-state index in [4.69, 9.17) is 4.74 Å². The first-order valence-electron chi connectivity index (χ1n) is 6.66. The number of nitrogens with one attached hydrogen (secondary N) is 1. The van der Waals surface area contributed by atoms with E-state index in [1.54, 1.807) is 12.1 Å². The van der Waals surface area contributed by atoms with Crippen LogP contribution >= 0.6 is 0 Å². The predicted octanol–water partition coefficient (Wildman–Crippen LogP) is 2.38. The molecule has 0 bridgehead atoms. The normalized spacial score (nSPS) is 11.2. The van der Waals surface area contributed by atoms with Crippen molar-refractivity contribution in [2.24, 2.45) is 0 Å². The second-order valence-corrected chi connectivity index (χ2v) is 6.48. The van der Waals surface area contributed by atoms with Crippen LogP contribution in [0.25, 0.3) is 0 Å². The van der Waals surface area contributed by atoms with Crippen molar-refractivity contribution >= 4 is 15.8 Å². The largest absolute Gasteiger partial charge is 0.496 e. The average molecular weight is 319 g/mol. The number of ketones is 1. The van der Waals surface area contributed by atoms with Crippen LogP contribution in [0.5, 0.6) is 5.75 Å². The van der Waals surface area contributed by atoms with Crippen molar-refractivity contribution in [2.75, 3.05) is 7.11 Å². The molecule has 0 radical (unpaired) electrons. The molecule has 2 aromatic rings. The molecule has 1 N–H and O–H groups in total. The van der Waals surface area contributed by atoms with Crippen LogP contribution in [-0.4, -0.2) is 21.3 Å². The Bertz CT molecular complexity index is 767. The zero-order chi connectivity index (χ0) is 16.2. The van der Waals surface area contributed by atoms with Gasteiger partial charge in [-0.05, 0) is 25.1 Å². The average Bonchev–Trinajstić information content (AvgIpc) is 2.53. The standard InChI is InChI=1S/C16H17NO4S/c1-12(18)13-7-9-15(10-8-13)22(19,20)17-11-14-5-3-4-6-16(14)21-2/h3-10,17H,11H2,1-2H3. The first-order chi connectivity index (χ1) is 10.4. The van der Waals surface area contributed by atoms with E-state index in [9.17, 15) is 13.2 Å². The molecule has 0 fully saturated rings. The van der Waals surface area contributed by atoms with Crippen molar-refractivity contribution in [3.8, 4) is 5.75 Å². The van der Waals surface area contributed by atoms with Crippen LogP contribution in [0.15, 0.2) is 53.4 Å². The smallest absolute Gasteiger partial charge is 0.240 e. The second-order valence-electron chi connectivity index (χ2n) is 4.72. The van der Waals surface area contributed by atoms with Gasteiger partial charge in [-0.15, -0.1) is 0 Å². The number of sulfonamides is 1. The van der Waals surface area contributed by atoms with E-state index in [0.717, 1.165) is 5.56 Å². The molecule has 22 heavy (non-hydrogen) atoms. The summed E-state index contributed by atoms with van der Waals surface area (Å²) < 4.78 is 32.2. The minimum absolute atomic E-state index is 0.106. The number of hydrogen-bond acceptors (Lipinski definition) is 4. The fourth-order valence-electron chi connectivity index (χ4n) is 1.97. The minimum atomic E-state index is -3.64. The zero-order valence-electron chi connectivity index (χ0n) is 12.4. The highest BCUT2D eigenvalue weighted by Gasteiger charge is 2.15. The van der Waals surface area contributed by atoms with E-state index >= 15 is 0 Å². The third kappa shape index (κ3) is 3.72. The molecule has 0 saturated heterocycles. The summed E-state index contributed by atoms with van der Waals surface area (Å²) in [5.74, 6) is 0.517. The van der Waals surface area contributed by atoms with Gasteiger partial charge in [0.1, 0.15) is 5.75 Å². The Morgan fingerprint density at radius 3 is 2.32 bits per heavy atom. The van der Waals surface area contributed by atoms with Gasteiger partial charge in [-0.3, -0.25) is 4.79 Å². The molecule has 0 amide bonds. The fraction of sp³-hybridized carbons (Fsp3) is 0.188. The lowest BCUT2D eigenvalue weighted by atomic mass is 10.2. The lowest BCUT2D eigenvalue weighted by Crippen LogP contribution is -2.23. The van der Waals surface area contributed by atoms with Crippen molar-refractivity contribution < 1.29 is 17.9 Å². The Balaban J connectivity index is 2.15. The molecule has 116 valence electrons. The summed E-state index contributed by atoms with van der Waals surface area (Å²) in [5, 5.41) is 0. The maximum Gasteiger partial charge on any atom is 0.240 e. The first kappa shape index (κ1) is 16.2. The molecular formula is C16H17NO4S. The van der Waals surface area contributed by atoms with Gasteiger partial charge in [0, 0.05) is 17.7 Å². The number of carbonyl (C=O) groups excluding carboxylic acids is 1. The number of rotatable bonds is 6. The zero-order valence-corrected chi connectivity index (χ0v) is 13.2. The summed E-state index contributed by atoms with van der Waals surface area (Å²) in [7, 11) is -2.11. The van der Waals surface area contributed by atoms with Crippen molar-refractivity contribution in [1.29, 1.82) is 0 Å². The highest BCUT2D eigenvalue weighted by molar-refractivity contribution is 7.89. The molecule has 0 aliphatic rings. The number of hydrogen-bond donors (Lipinski definition) is 1. The molecule has 0 saturated carbocycles. The number of ether oxygens (including phenoxy) is 1. The Kier molecular flexibility index (Phi) is 4.95. The van der Waals surface area contributed by atoms with Crippen LogP contribution in [0.3, 0.4) is 0 Å². The van der Waals surface area contributed by atoms with E-state index < -0.39 is 10.0 Å². The number of carbonyl (C=O) groups is 1. The Morgan fingerprint density at radius 2 is 1.73 bits per heavy atom. The van der Waals surface area contributed by atoms with Gasteiger partial charge in [-0.2, -0.15) is 0 Å². The maximum absolute atomic E-state index is 12.2. The summed E-state index contributed by atoms with van der Waals surface area (Å²) in [5.41, 5.74) is 1.22. The molecule has 6 heteroatoms. The fourth-order valence-corrected chi connectivity index (χ4v) is 2.98. The van der Waals surface area contributed by atoms with Crippen LogP contribution in [-0.2, 0) is 16.6 Å². The molecular weight excluding hydrogens is 302 g/mol. The Labute approximate surface area is 130 Å². The quantitative estimate of drug-likeness (QED) is 0.830. The highest BCUT2D eigenvalue weighted by Crippen LogP contribution is 2.18. The van der Waals surface area contributed by atoms with Crippen LogP contribution in [0, 0.1) is 0 Å². The van der Waals surface area contributed by atoms with Gasteiger partial charge in [0.05, 0.1) is 12.0 Å². The number of Topliss-reactive ketones (excluding diaryl/α,β-unsaturated/α-hetero) is 1. The van der Waals surface area contributed by atoms with Gasteiger partial charge >= 0.3 is 0 Å². The number of benzene rings is 2. The second kappa shape index (κ2) is 6.72. The summed E-state index contributed by atoms with van der Waals surface area (Å²) >= 11 is 0. The maximum atomic E-state index is 12.2. The SMILES string of the molecule is COc1ccccc1CNS(=O)(=O)c1ccc(C(C)=O)cc1. The van der Waals surface area contributed by atoms with E-state index in [2.05, 4.69) is 4.72 Å². The Hall–Kier alpha value is -2.18. The highest BCUT2D eigenvalue weighted by atomic mass is 32.2.